The van der Waals surface area contributed by atoms with Crippen LogP contribution in [0.15, 0.2) is 0 Å². The highest BCUT2D eigenvalue weighted by atomic mass is 16.1. The summed E-state index contributed by atoms with van der Waals surface area (Å²) in [6.45, 7) is 4.86. The molecule has 0 rings (SSSR count). The van der Waals surface area contributed by atoms with Gasteiger partial charge in [0.25, 0.3) is 0 Å². The summed E-state index contributed by atoms with van der Waals surface area (Å²) < 4.78 is 0. The molecule has 0 aliphatic carbocycles. The van der Waals surface area contributed by atoms with Gasteiger partial charge < -0.3 is 11.1 Å². The smallest absolute Gasteiger partial charge is 0.220 e. The molecule has 0 heterocycles. The van der Waals surface area contributed by atoms with Gasteiger partial charge in [0.2, 0.25) is 5.91 Å². The van der Waals surface area contributed by atoms with Crippen LogP contribution in [0, 0.1) is 0 Å². The first-order valence-electron chi connectivity index (χ1n) is 5.73. The maximum absolute atomic E-state index is 11.3. The molecule has 0 aromatic carbocycles. The summed E-state index contributed by atoms with van der Waals surface area (Å²) >= 11 is 0. The lowest BCUT2D eigenvalue weighted by atomic mass is 10.1. The van der Waals surface area contributed by atoms with Crippen molar-refractivity contribution < 1.29 is 4.79 Å². The number of unbranched alkanes of at least 4 members (excludes halogenated alkanes) is 2. The lowest BCUT2D eigenvalue weighted by Gasteiger charge is -2.11. The second kappa shape index (κ2) is 9.00. The minimum atomic E-state index is 0.120. The fourth-order valence-electron chi connectivity index (χ4n) is 1.34. The molecule has 1 amide bonds. The van der Waals surface area contributed by atoms with Crippen LogP contribution in [0.4, 0.5) is 0 Å². The predicted molar refractivity (Wildman–Crippen MR) is 60.0 cm³/mol. The molecule has 0 fully saturated rings. The number of carbonyl (C=O) groups is 1. The molecule has 3 nitrogen and oxygen atoms in total. The van der Waals surface area contributed by atoms with Crippen molar-refractivity contribution in [3.8, 4) is 0 Å². The Hall–Kier alpha value is -0.570. The lowest BCUT2D eigenvalue weighted by molar-refractivity contribution is -0.121. The number of hydrogen-bond acceptors (Lipinski definition) is 2. The minimum absolute atomic E-state index is 0.120. The molecule has 1 unspecified atom stereocenters. The standard InChI is InChI=1S/C11H24N2O/c1-3-5-6-8-11(14)13-9-10(12)7-4-2/h10H,3-9,12H2,1-2H3,(H,13,14). The Morgan fingerprint density at radius 3 is 2.57 bits per heavy atom. The van der Waals surface area contributed by atoms with E-state index in [1.54, 1.807) is 0 Å². The van der Waals surface area contributed by atoms with Crippen molar-refractivity contribution in [1.29, 1.82) is 0 Å². The molecule has 3 heteroatoms. The quantitative estimate of drug-likeness (QED) is 0.587. The fourth-order valence-corrected chi connectivity index (χ4v) is 1.34. The predicted octanol–water partition coefficient (Wildman–Crippen LogP) is 1.81. The summed E-state index contributed by atoms with van der Waals surface area (Å²) in [6.07, 6.45) is 5.98. The molecular formula is C11H24N2O. The fraction of sp³-hybridized carbons (Fsp3) is 0.909. The van der Waals surface area contributed by atoms with E-state index < -0.39 is 0 Å². The van der Waals surface area contributed by atoms with Crippen LogP contribution >= 0.6 is 0 Å². The van der Waals surface area contributed by atoms with Crippen LogP contribution < -0.4 is 11.1 Å². The Kier molecular flexibility index (Phi) is 8.64. The Bertz CT molecular complexity index is 148. The van der Waals surface area contributed by atoms with Gasteiger partial charge in [0, 0.05) is 19.0 Å². The largest absolute Gasteiger partial charge is 0.355 e. The van der Waals surface area contributed by atoms with Gasteiger partial charge in [0.15, 0.2) is 0 Å². The van der Waals surface area contributed by atoms with Crippen molar-refractivity contribution in [2.75, 3.05) is 6.54 Å². The second-order valence-corrected chi connectivity index (χ2v) is 3.81. The van der Waals surface area contributed by atoms with E-state index in [1.165, 1.54) is 0 Å². The molecule has 1 atom stereocenters. The van der Waals surface area contributed by atoms with Crippen LogP contribution in [0.2, 0.25) is 0 Å². The number of rotatable bonds is 8. The lowest BCUT2D eigenvalue weighted by Crippen LogP contribution is -2.36. The zero-order valence-corrected chi connectivity index (χ0v) is 9.51. The molecule has 0 aromatic rings. The first kappa shape index (κ1) is 13.4. The highest BCUT2D eigenvalue weighted by molar-refractivity contribution is 5.75. The van der Waals surface area contributed by atoms with Gasteiger partial charge in [0.1, 0.15) is 0 Å². The zero-order chi connectivity index (χ0) is 10.8. The molecule has 3 N–H and O–H groups in total. The van der Waals surface area contributed by atoms with Crippen molar-refractivity contribution in [2.24, 2.45) is 5.73 Å². The Labute approximate surface area is 87.4 Å². The van der Waals surface area contributed by atoms with Gasteiger partial charge >= 0.3 is 0 Å². The third-order valence-electron chi connectivity index (χ3n) is 2.23. The van der Waals surface area contributed by atoms with Crippen molar-refractivity contribution in [3.63, 3.8) is 0 Å². The summed E-state index contributed by atoms with van der Waals surface area (Å²) in [5, 5.41) is 2.86. The van der Waals surface area contributed by atoms with Gasteiger partial charge in [-0.1, -0.05) is 33.1 Å². The van der Waals surface area contributed by atoms with Crippen molar-refractivity contribution in [1.82, 2.24) is 5.32 Å². The summed E-state index contributed by atoms with van der Waals surface area (Å²) in [7, 11) is 0. The van der Waals surface area contributed by atoms with E-state index in [-0.39, 0.29) is 11.9 Å². The molecule has 0 aliphatic heterocycles. The van der Waals surface area contributed by atoms with Crippen molar-refractivity contribution >= 4 is 5.91 Å². The second-order valence-electron chi connectivity index (χ2n) is 3.81. The molecule has 0 aromatic heterocycles. The van der Waals surface area contributed by atoms with E-state index in [2.05, 4.69) is 19.2 Å². The van der Waals surface area contributed by atoms with Crippen molar-refractivity contribution in [3.05, 3.63) is 0 Å². The summed E-state index contributed by atoms with van der Waals surface area (Å²) in [5.74, 6) is 0.144. The zero-order valence-electron chi connectivity index (χ0n) is 9.51. The Balaban J connectivity index is 3.34. The summed E-state index contributed by atoms with van der Waals surface area (Å²) in [5.41, 5.74) is 5.77. The van der Waals surface area contributed by atoms with Crippen LogP contribution in [0.25, 0.3) is 0 Å². The Morgan fingerprint density at radius 2 is 2.00 bits per heavy atom. The van der Waals surface area contributed by atoms with Gasteiger partial charge in [0.05, 0.1) is 0 Å². The van der Waals surface area contributed by atoms with Gasteiger partial charge in [-0.15, -0.1) is 0 Å². The average Bonchev–Trinajstić information content (AvgIpc) is 2.16. The molecule has 0 saturated carbocycles. The number of nitrogens with one attached hydrogen (secondary N) is 1. The minimum Gasteiger partial charge on any atom is -0.355 e. The third-order valence-corrected chi connectivity index (χ3v) is 2.23. The molecular weight excluding hydrogens is 176 g/mol. The molecule has 0 spiro atoms. The first-order chi connectivity index (χ1) is 6.70. The van der Waals surface area contributed by atoms with E-state index in [4.69, 9.17) is 5.73 Å². The van der Waals surface area contributed by atoms with E-state index in [9.17, 15) is 4.79 Å². The van der Waals surface area contributed by atoms with E-state index in [0.29, 0.717) is 13.0 Å². The maximum Gasteiger partial charge on any atom is 0.220 e. The SMILES string of the molecule is CCCCCC(=O)NCC(N)CCC. The molecule has 0 radical (unpaired) electrons. The number of nitrogens with two attached hydrogens (primary N) is 1. The molecule has 0 saturated heterocycles. The number of amides is 1. The van der Waals surface area contributed by atoms with Gasteiger partial charge in [-0.2, -0.15) is 0 Å². The van der Waals surface area contributed by atoms with Crippen LogP contribution in [-0.4, -0.2) is 18.5 Å². The highest BCUT2D eigenvalue weighted by Gasteiger charge is 2.04. The van der Waals surface area contributed by atoms with Crippen LogP contribution in [0.5, 0.6) is 0 Å². The van der Waals surface area contributed by atoms with E-state index in [1.807, 2.05) is 0 Å². The molecule has 0 bridgehead atoms. The van der Waals surface area contributed by atoms with Crippen LogP contribution in [0.1, 0.15) is 52.4 Å². The summed E-state index contributed by atoms with van der Waals surface area (Å²) in [6, 6.07) is 0.120. The van der Waals surface area contributed by atoms with Gasteiger partial charge in [-0.05, 0) is 12.8 Å². The first-order valence-corrected chi connectivity index (χ1v) is 5.73. The topological polar surface area (TPSA) is 55.1 Å². The van der Waals surface area contributed by atoms with Crippen LogP contribution in [0.3, 0.4) is 0 Å². The Morgan fingerprint density at radius 1 is 1.29 bits per heavy atom. The maximum atomic E-state index is 11.3. The normalized spacial score (nSPS) is 12.5. The van der Waals surface area contributed by atoms with Gasteiger partial charge in [-0.3, -0.25) is 4.79 Å². The highest BCUT2D eigenvalue weighted by Crippen LogP contribution is 1.98. The number of hydrogen-bond donors (Lipinski definition) is 2. The van der Waals surface area contributed by atoms with Crippen LogP contribution in [-0.2, 0) is 4.79 Å². The average molecular weight is 200 g/mol. The molecule has 14 heavy (non-hydrogen) atoms. The monoisotopic (exact) mass is 200 g/mol. The third kappa shape index (κ3) is 8.05. The molecule has 84 valence electrons. The number of carbonyl (C=O) groups excluding carboxylic acids is 1. The van der Waals surface area contributed by atoms with Gasteiger partial charge in [-0.25, -0.2) is 0 Å². The van der Waals surface area contributed by atoms with Crippen molar-refractivity contribution in [2.45, 2.75) is 58.4 Å². The van der Waals surface area contributed by atoms with E-state index >= 15 is 0 Å². The van der Waals surface area contributed by atoms with E-state index in [0.717, 1.165) is 32.1 Å². The summed E-state index contributed by atoms with van der Waals surface area (Å²) in [4.78, 5) is 11.3. The molecule has 0 aliphatic rings.